The molecule has 1 spiro atoms. The van der Waals surface area contributed by atoms with Crippen molar-refractivity contribution in [3.05, 3.63) is 30.1 Å². The van der Waals surface area contributed by atoms with Crippen molar-refractivity contribution < 1.29 is 18.8 Å². The number of likely N-dealkylation sites (tertiary alicyclic amines) is 2. The molecule has 3 amide bonds. The second-order valence-electron chi connectivity index (χ2n) is 10.4. The Balaban J connectivity index is 1.24. The van der Waals surface area contributed by atoms with E-state index in [9.17, 15) is 18.8 Å². The Kier molecular flexibility index (Phi) is 7.64. The van der Waals surface area contributed by atoms with Crippen LogP contribution in [0.2, 0.25) is 0 Å². The third kappa shape index (κ3) is 5.60. The summed E-state index contributed by atoms with van der Waals surface area (Å²) in [6, 6.07) is 6.37. The Morgan fingerprint density at radius 2 is 1.71 bits per heavy atom. The van der Waals surface area contributed by atoms with Crippen LogP contribution in [0.25, 0.3) is 0 Å². The SMILES string of the molecule is CC(=O)NC(C)C(=O)N1CCC2(CC1)C[C@H](CCN1CCN(c3ccc(F)cc3)CC1)N(C)C2=O. The molecule has 192 valence electrons. The molecule has 1 aromatic carbocycles. The third-order valence-electron chi connectivity index (χ3n) is 8.11. The van der Waals surface area contributed by atoms with E-state index in [4.69, 9.17) is 0 Å². The minimum Gasteiger partial charge on any atom is -0.369 e. The van der Waals surface area contributed by atoms with Gasteiger partial charge in [-0.15, -0.1) is 0 Å². The molecule has 1 unspecified atom stereocenters. The molecule has 0 radical (unpaired) electrons. The molecule has 0 saturated carbocycles. The van der Waals surface area contributed by atoms with E-state index in [-0.39, 0.29) is 35.0 Å². The summed E-state index contributed by atoms with van der Waals surface area (Å²) in [7, 11) is 1.92. The van der Waals surface area contributed by atoms with Crippen molar-refractivity contribution in [2.24, 2.45) is 5.41 Å². The van der Waals surface area contributed by atoms with Crippen molar-refractivity contribution in [1.29, 1.82) is 0 Å². The number of hydrogen-bond acceptors (Lipinski definition) is 5. The van der Waals surface area contributed by atoms with Crippen molar-refractivity contribution >= 4 is 23.4 Å². The highest BCUT2D eigenvalue weighted by atomic mass is 19.1. The van der Waals surface area contributed by atoms with Crippen molar-refractivity contribution in [3.63, 3.8) is 0 Å². The van der Waals surface area contributed by atoms with Crippen molar-refractivity contribution in [2.75, 3.05) is 57.8 Å². The molecule has 3 saturated heterocycles. The Bertz CT molecular complexity index is 923. The zero-order valence-corrected chi connectivity index (χ0v) is 21.1. The minimum atomic E-state index is -0.542. The van der Waals surface area contributed by atoms with Gasteiger partial charge in [-0.05, 0) is 56.9 Å². The maximum atomic E-state index is 13.2. The van der Waals surface area contributed by atoms with Gasteiger partial charge in [0.1, 0.15) is 11.9 Å². The number of nitrogens with one attached hydrogen (secondary N) is 1. The van der Waals surface area contributed by atoms with Crippen LogP contribution in [-0.2, 0) is 14.4 Å². The predicted molar refractivity (Wildman–Crippen MR) is 132 cm³/mol. The normalized spacial score (nSPS) is 23.6. The fourth-order valence-corrected chi connectivity index (χ4v) is 5.94. The zero-order chi connectivity index (χ0) is 25.2. The summed E-state index contributed by atoms with van der Waals surface area (Å²) in [6.45, 7) is 8.92. The number of piperidine rings is 1. The minimum absolute atomic E-state index is 0.0785. The van der Waals surface area contributed by atoms with Crippen molar-refractivity contribution in [2.45, 2.75) is 51.6 Å². The maximum absolute atomic E-state index is 13.2. The monoisotopic (exact) mass is 487 g/mol. The first kappa shape index (κ1) is 25.4. The Labute approximate surface area is 207 Å². The fraction of sp³-hybridized carbons (Fsp3) is 0.654. The smallest absolute Gasteiger partial charge is 0.244 e. The molecule has 3 heterocycles. The number of amides is 3. The Hall–Kier alpha value is -2.68. The number of benzene rings is 1. The molecular weight excluding hydrogens is 449 g/mol. The molecule has 3 aliphatic rings. The Morgan fingerprint density at radius 1 is 1.09 bits per heavy atom. The number of carbonyl (C=O) groups excluding carboxylic acids is 3. The van der Waals surface area contributed by atoms with Crippen LogP contribution in [0.3, 0.4) is 0 Å². The molecule has 0 aromatic heterocycles. The molecule has 9 heteroatoms. The number of carbonyl (C=O) groups is 3. The van der Waals surface area contributed by atoms with Gasteiger partial charge in [0.15, 0.2) is 0 Å². The molecule has 3 fully saturated rings. The van der Waals surface area contributed by atoms with Crippen LogP contribution >= 0.6 is 0 Å². The second kappa shape index (κ2) is 10.5. The van der Waals surface area contributed by atoms with Gasteiger partial charge in [0, 0.05) is 71.5 Å². The first-order valence-electron chi connectivity index (χ1n) is 12.7. The van der Waals surface area contributed by atoms with E-state index in [0.717, 1.165) is 51.3 Å². The number of hydrogen-bond donors (Lipinski definition) is 1. The number of rotatable bonds is 6. The lowest BCUT2D eigenvalue weighted by Gasteiger charge is -2.38. The van der Waals surface area contributed by atoms with Crippen LogP contribution in [0.15, 0.2) is 24.3 Å². The van der Waals surface area contributed by atoms with Crippen LogP contribution in [0.4, 0.5) is 10.1 Å². The van der Waals surface area contributed by atoms with Crippen LogP contribution < -0.4 is 10.2 Å². The molecule has 4 rings (SSSR count). The van der Waals surface area contributed by atoms with Crippen molar-refractivity contribution in [3.8, 4) is 0 Å². The van der Waals surface area contributed by atoms with Gasteiger partial charge in [-0.25, -0.2) is 4.39 Å². The lowest BCUT2D eigenvalue weighted by atomic mass is 9.75. The second-order valence-corrected chi connectivity index (χ2v) is 10.4. The quantitative estimate of drug-likeness (QED) is 0.661. The lowest BCUT2D eigenvalue weighted by Crippen LogP contribution is -2.51. The molecule has 0 aliphatic carbocycles. The lowest BCUT2D eigenvalue weighted by molar-refractivity contribution is -0.143. The van der Waals surface area contributed by atoms with Gasteiger partial charge in [-0.3, -0.25) is 19.3 Å². The summed E-state index contributed by atoms with van der Waals surface area (Å²) < 4.78 is 13.2. The largest absolute Gasteiger partial charge is 0.369 e. The first-order valence-corrected chi connectivity index (χ1v) is 12.7. The molecule has 0 bridgehead atoms. The van der Waals surface area contributed by atoms with E-state index < -0.39 is 6.04 Å². The highest BCUT2D eigenvalue weighted by Gasteiger charge is 2.51. The van der Waals surface area contributed by atoms with E-state index in [0.29, 0.717) is 25.9 Å². The van der Waals surface area contributed by atoms with Gasteiger partial charge in [-0.2, -0.15) is 0 Å². The summed E-state index contributed by atoms with van der Waals surface area (Å²) in [6.07, 6.45) is 3.16. The molecule has 1 N–H and O–H groups in total. The summed E-state index contributed by atoms with van der Waals surface area (Å²) in [5.74, 6) is -0.292. The van der Waals surface area contributed by atoms with Gasteiger partial charge in [0.25, 0.3) is 0 Å². The summed E-state index contributed by atoms with van der Waals surface area (Å²) in [5, 5.41) is 2.66. The van der Waals surface area contributed by atoms with Gasteiger partial charge >= 0.3 is 0 Å². The summed E-state index contributed by atoms with van der Waals surface area (Å²) in [4.78, 5) is 45.6. The number of anilines is 1. The highest BCUT2D eigenvalue weighted by Crippen LogP contribution is 2.44. The van der Waals surface area contributed by atoms with Crippen LogP contribution in [0, 0.1) is 11.2 Å². The topological polar surface area (TPSA) is 76.2 Å². The molecule has 1 aromatic rings. The molecule has 35 heavy (non-hydrogen) atoms. The van der Waals surface area contributed by atoms with E-state index in [1.165, 1.54) is 19.1 Å². The summed E-state index contributed by atoms with van der Waals surface area (Å²) in [5.41, 5.74) is 0.694. The number of nitrogens with zero attached hydrogens (tertiary/aromatic N) is 4. The first-order chi connectivity index (χ1) is 16.7. The number of halogens is 1. The Morgan fingerprint density at radius 3 is 2.31 bits per heavy atom. The van der Waals surface area contributed by atoms with E-state index >= 15 is 0 Å². The van der Waals surface area contributed by atoms with Crippen LogP contribution in [-0.4, -0.2) is 97.4 Å². The van der Waals surface area contributed by atoms with Crippen LogP contribution in [0.5, 0.6) is 0 Å². The highest BCUT2D eigenvalue weighted by molar-refractivity contribution is 5.88. The predicted octanol–water partition coefficient (Wildman–Crippen LogP) is 1.70. The van der Waals surface area contributed by atoms with Crippen molar-refractivity contribution in [1.82, 2.24) is 20.0 Å². The summed E-state index contributed by atoms with van der Waals surface area (Å²) >= 11 is 0. The van der Waals surface area contributed by atoms with Crippen LogP contribution in [0.1, 0.15) is 39.5 Å². The zero-order valence-electron chi connectivity index (χ0n) is 21.1. The number of piperazine rings is 1. The van der Waals surface area contributed by atoms with Gasteiger partial charge in [-0.1, -0.05) is 0 Å². The molecular formula is C26H38FN5O3. The van der Waals surface area contributed by atoms with Gasteiger partial charge < -0.3 is 20.0 Å². The fourth-order valence-electron chi connectivity index (χ4n) is 5.94. The van der Waals surface area contributed by atoms with E-state index in [1.807, 2.05) is 24.1 Å². The maximum Gasteiger partial charge on any atom is 0.244 e. The van der Waals surface area contributed by atoms with Gasteiger partial charge in [0.2, 0.25) is 17.7 Å². The van der Waals surface area contributed by atoms with E-state index in [1.54, 1.807) is 11.8 Å². The van der Waals surface area contributed by atoms with Gasteiger partial charge in [0.05, 0.1) is 5.41 Å². The average Bonchev–Trinajstić information content (AvgIpc) is 3.08. The third-order valence-corrected chi connectivity index (χ3v) is 8.11. The molecule has 3 aliphatic heterocycles. The standard InChI is InChI=1S/C26H38FN5O3/c1-19(28-20(2)33)24(34)32-12-9-26(10-13-32)18-23(29(3)25(26)35)8-11-30-14-16-31(17-15-30)22-6-4-21(27)5-7-22/h4-7,19,23H,8-18H2,1-3H3,(H,28,33)/t19?,23-/m0/s1. The molecule has 2 atom stereocenters. The average molecular weight is 488 g/mol. The molecule has 8 nitrogen and oxygen atoms in total. The van der Waals surface area contributed by atoms with E-state index in [2.05, 4.69) is 15.1 Å².